The average molecular weight is 354 g/mol. The number of para-hydroxylation sites is 1. The average Bonchev–Trinajstić information content (AvgIpc) is 2.65. The summed E-state index contributed by atoms with van der Waals surface area (Å²) in [6.45, 7) is 7.75. The van der Waals surface area contributed by atoms with Crippen LogP contribution in [-0.2, 0) is 17.6 Å². The zero-order valence-electron chi connectivity index (χ0n) is 16.3. The van der Waals surface area contributed by atoms with Gasteiger partial charge in [0, 0.05) is 13.0 Å². The summed E-state index contributed by atoms with van der Waals surface area (Å²) in [6.07, 6.45) is 3.15. The Morgan fingerprint density at radius 3 is 2.46 bits per heavy atom. The molecule has 1 N–H and O–H groups in total. The fourth-order valence-electron chi connectivity index (χ4n) is 2.93. The van der Waals surface area contributed by atoms with Crippen molar-refractivity contribution in [1.82, 2.24) is 5.32 Å². The lowest BCUT2D eigenvalue weighted by Crippen LogP contribution is -2.25. The van der Waals surface area contributed by atoms with Crippen molar-refractivity contribution in [3.63, 3.8) is 0 Å². The molecular formula is C23H31NO2. The number of benzene rings is 2. The molecule has 0 aromatic heterocycles. The van der Waals surface area contributed by atoms with Crippen LogP contribution in [0.3, 0.4) is 0 Å². The van der Waals surface area contributed by atoms with E-state index in [0.29, 0.717) is 25.5 Å². The zero-order valence-corrected chi connectivity index (χ0v) is 16.3. The fraction of sp³-hybridized carbons (Fsp3) is 0.435. The maximum absolute atomic E-state index is 12.0. The Kier molecular flexibility index (Phi) is 8.20. The molecular weight excluding hydrogens is 322 g/mol. The van der Waals surface area contributed by atoms with Gasteiger partial charge in [-0.05, 0) is 54.9 Å². The quantitative estimate of drug-likeness (QED) is 0.618. The fourth-order valence-corrected chi connectivity index (χ4v) is 2.93. The Hall–Kier alpha value is -2.29. The Morgan fingerprint density at radius 2 is 1.77 bits per heavy atom. The minimum Gasteiger partial charge on any atom is -0.494 e. The van der Waals surface area contributed by atoms with Crippen molar-refractivity contribution in [3.05, 3.63) is 65.2 Å². The number of carbonyl (C=O) groups excluding carboxylic acids is 1. The van der Waals surface area contributed by atoms with Crippen LogP contribution in [-0.4, -0.2) is 19.1 Å². The number of rotatable bonds is 10. The molecule has 0 radical (unpaired) electrons. The van der Waals surface area contributed by atoms with Gasteiger partial charge < -0.3 is 10.1 Å². The minimum atomic E-state index is 0.121. The second-order valence-electron chi connectivity index (χ2n) is 6.89. The summed E-state index contributed by atoms with van der Waals surface area (Å²) in [5.74, 6) is 1.61. The lowest BCUT2D eigenvalue weighted by Gasteiger charge is -2.10. The largest absolute Gasteiger partial charge is 0.494 e. The molecule has 0 aliphatic heterocycles. The van der Waals surface area contributed by atoms with E-state index in [0.717, 1.165) is 25.0 Å². The second kappa shape index (κ2) is 10.6. The summed E-state index contributed by atoms with van der Waals surface area (Å²) in [5.41, 5.74) is 3.76. The van der Waals surface area contributed by atoms with Gasteiger partial charge in [0.2, 0.25) is 5.91 Å². The predicted octanol–water partition coefficient (Wildman–Crippen LogP) is 4.89. The summed E-state index contributed by atoms with van der Waals surface area (Å²) in [5, 5.41) is 3.02. The van der Waals surface area contributed by atoms with Crippen molar-refractivity contribution in [2.24, 2.45) is 0 Å². The molecule has 0 aliphatic rings. The predicted molar refractivity (Wildman–Crippen MR) is 108 cm³/mol. The van der Waals surface area contributed by atoms with E-state index in [1.807, 2.05) is 25.1 Å². The van der Waals surface area contributed by atoms with E-state index in [-0.39, 0.29) is 5.91 Å². The first kappa shape index (κ1) is 20.0. The second-order valence-corrected chi connectivity index (χ2v) is 6.89. The van der Waals surface area contributed by atoms with Gasteiger partial charge in [0.05, 0.1) is 6.61 Å². The molecule has 26 heavy (non-hydrogen) atoms. The lowest BCUT2D eigenvalue weighted by molar-refractivity contribution is -0.121. The highest BCUT2D eigenvalue weighted by atomic mass is 16.5. The number of nitrogens with one attached hydrogen (secondary N) is 1. The van der Waals surface area contributed by atoms with Gasteiger partial charge in [-0.1, -0.05) is 56.3 Å². The van der Waals surface area contributed by atoms with Crippen LogP contribution >= 0.6 is 0 Å². The molecule has 2 aromatic carbocycles. The van der Waals surface area contributed by atoms with E-state index < -0.39 is 0 Å². The number of carbonyl (C=O) groups is 1. The number of hydrogen-bond donors (Lipinski definition) is 1. The van der Waals surface area contributed by atoms with Crippen LogP contribution in [0.25, 0.3) is 0 Å². The topological polar surface area (TPSA) is 38.3 Å². The SMILES string of the molecule is CCOc1ccccc1CCCNC(=O)CCc1ccc(C(C)C)cc1. The minimum absolute atomic E-state index is 0.121. The standard InChI is InChI=1S/C23H31NO2/c1-4-26-22-10-6-5-8-21(22)9-7-17-24-23(25)16-13-19-11-14-20(15-12-19)18(2)3/h5-6,8,10-12,14-15,18H,4,7,9,13,16-17H2,1-3H3,(H,24,25). The summed E-state index contributed by atoms with van der Waals surface area (Å²) in [6, 6.07) is 16.7. The molecule has 2 rings (SSSR count). The monoisotopic (exact) mass is 353 g/mol. The molecule has 0 unspecified atom stereocenters. The first-order valence-electron chi connectivity index (χ1n) is 9.66. The highest BCUT2D eigenvalue weighted by molar-refractivity contribution is 5.76. The van der Waals surface area contributed by atoms with Gasteiger partial charge in [-0.15, -0.1) is 0 Å². The Labute approximate surface area is 157 Å². The van der Waals surface area contributed by atoms with Crippen molar-refractivity contribution in [2.45, 2.75) is 52.4 Å². The van der Waals surface area contributed by atoms with E-state index >= 15 is 0 Å². The van der Waals surface area contributed by atoms with E-state index in [1.54, 1.807) is 0 Å². The Balaban J connectivity index is 1.67. The van der Waals surface area contributed by atoms with E-state index in [1.165, 1.54) is 16.7 Å². The summed E-state index contributed by atoms with van der Waals surface area (Å²) in [4.78, 5) is 12.0. The van der Waals surface area contributed by atoms with Gasteiger partial charge >= 0.3 is 0 Å². The van der Waals surface area contributed by atoms with Crippen molar-refractivity contribution < 1.29 is 9.53 Å². The van der Waals surface area contributed by atoms with Crippen LogP contribution in [0.15, 0.2) is 48.5 Å². The maximum Gasteiger partial charge on any atom is 0.220 e. The van der Waals surface area contributed by atoms with Crippen LogP contribution in [0.1, 0.15) is 56.2 Å². The summed E-state index contributed by atoms with van der Waals surface area (Å²) < 4.78 is 5.64. The van der Waals surface area contributed by atoms with Gasteiger partial charge in [-0.3, -0.25) is 4.79 Å². The molecule has 0 spiro atoms. The van der Waals surface area contributed by atoms with Gasteiger partial charge in [0.15, 0.2) is 0 Å². The van der Waals surface area contributed by atoms with Crippen LogP contribution < -0.4 is 10.1 Å². The molecule has 0 heterocycles. The van der Waals surface area contributed by atoms with E-state index in [2.05, 4.69) is 49.5 Å². The highest BCUT2D eigenvalue weighted by Crippen LogP contribution is 2.19. The van der Waals surface area contributed by atoms with Gasteiger partial charge in [-0.25, -0.2) is 0 Å². The molecule has 0 atom stereocenters. The van der Waals surface area contributed by atoms with Crippen molar-refractivity contribution in [2.75, 3.05) is 13.2 Å². The highest BCUT2D eigenvalue weighted by Gasteiger charge is 2.05. The van der Waals surface area contributed by atoms with Crippen LogP contribution in [0.2, 0.25) is 0 Å². The normalized spacial score (nSPS) is 10.8. The third-order valence-electron chi connectivity index (χ3n) is 4.50. The van der Waals surface area contributed by atoms with Crippen molar-refractivity contribution in [3.8, 4) is 5.75 Å². The Bertz CT molecular complexity index is 677. The molecule has 2 aromatic rings. The third-order valence-corrected chi connectivity index (χ3v) is 4.50. The molecule has 1 amide bonds. The van der Waals surface area contributed by atoms with Crippen molar-refractivity contribution >= 4 is 5.91 Å². The third kappa shape index (κ3) is 6.55. The van der Waals surface area contributed by atoms with Gasteiger partial charge in [-0.2, -0.15) is 0 Å². The van der Waals surface area contributed by atoms with E-state index in [9.17, 15) is 4.79 Å². The summed E-state index contributed by atoms with van der Waals surface area (Å²) in [7, 11) is 0. The molecule has 3 heteroatoms. The number of aryl methyl sites for hydroxylation is 2. The lowest BCUT2D eigenvalue weighted by atomic mass is 10.0. The molecule has 0 fully saturated rings. The molecule has 0 bridgehead atoms. The van der Waals surface area contributed by atoms with Crippen molar-refractivity contribution in [1.29, 1.82) is 0 Å². The number of hydrogen-bond acceptors (Lipinski definition) is 2. The van der Waals surface area contributed by atoms with Crippen LogP contribution in [0.4, 0.5) is 0 Å². The summed E-state index contributed by atoms with van der Waals surface area (Å²) >= 11 is 0. The van der Waals surface area contributed by atoms with Gasteiger partial charge in [0.25, 0.3) is 0 Å². The number of amides is 1. The smallest absolute Gasteiger partial charge is 0.220 e. The molecule has 0 saturated heterocycles. The molecule has 0 aliphatic carbocycles. The first-order valence-corrected chi connectivity index (χ1v) is 9.66. The molecule has 3 nitrogen and oxygen atoms in total. The zero-order chi connectivity index (χ0) is 18.8. The molecule has 140 valence electrons. The van der Waals surface area contributed by atoms with Gasteiger partial charge in [0.1, 0.15) is 5.75 Å². The first-order chi connectivity index (χ1) is 12.6. The molecule has 0 saturated carbocycles. The number of ether oxygens (including phenoxy) is 1. The Morgan fingerprint density at radius 1 is 1.04 bits per heavy atom. The van der Waals surface area contributed by atoms with Crippen LogP contribution in [0.5, 0.6) is 5.75 Å². The van der Waals surface area contributed by atoms with E-state index in [4.69, 9.17) is 4.74 Å². The maximum atomic E-state index is 12.0. The van der Waals surface area contributed by atoms with Crippen LogP contribution in [0, 0.1) is 0 Å².